The van der Waals surface area contributed by atoms with Crippen LogP contribution < -0.4 is 4.74 Å². The first-order valence-corrected chi connectivity index (χ1v) is 9.03. The van der Waals surface area contributed by atoms with Gasteiger partial charge in [-0.15, -0.1) is 6.58 Å². The predicted molar refractivity (Wildman–Crippen MR) is 108 cm³/mol. The van der Waals surface area contributed by atoms with Gasteiger partial charge in [0.25, 0.3) is 5.91 Å². The summed E-state index contributed by atoms with van der Waals surface area (Å²) in [6.07, 6.45) is 3.67. The first-order valence-electron chi connectivity index (χ1n) is 9.03. The molecule has 0 saturated carbocycles. The lowest BCUT2D eigenvalue weighted by molar-refractivity contribution is 0.0759. The van der Waals surface area contributed by atoms with Crippen LogP contribution in [0.3, 0.4) is 0 Å². The number of ether oxygens (including phenoxy) is 1. The maximum absolute atomic E-state index is 13.1. The average Bonchev–Trinajstić information content (AvgIpc) is 3.15. The number of hydrogen-bond acceptors (Lipinski definition) is 2. The first kappa shape index (κ1) is 19.4. The molecule has 1 heterocycles. The molecular formula is C23H23FN2O2. The van der Waals surface area contributed by atoms with Crippen LogP contribution in [0.4, 0.5) is 4.39 Å². The summed E-state index contributed by atoms with van der Waals surface area (Å²) in [5.74, 6) is 0.301. The highest BCUT2D eigenvalue weighted by atomic mass is 19.1. The van der Waals surface area contributed by atoms with Gasteiger partial charge in [-0.25, -0.2) is 4.39 Å². The van der Waals surface area contributed by atoms with Crippen LogP contribution in [0.1, 0.15) is 21.6 Å². The van der Waals surface area contributed by atoms with Gasteiger partial charge in [0, 0.05) is 30.5 Å². The summed E-state index contributed by atoms with van der Waals surface area (Å²) in [4.78, 5) is 14.7. The first-order chi connectivity index (χ1) is 13.6. The molecule has 0 unspecified atom stereocenters. The normalized spacial score (nSPS) is 10.5. The van der Waals surface area contributed by atoms with E-state index in [1.165, 1.54) is 12.1 Å². The van der Waals surface area contributed by atoms with E-state index < -0.39 is 0 Å². The summed E-state index contributed by atoms with van der Waals surface area (Å²) < 4.78 is 20.4. The van der Waals surface area contributed by atoms with Crippen LogP contribution >= 0.6 is 0 Å². The Kier molecular flexibility index (Phi) is 6.27. The fourth-order valence-electron chi connectivity index (χ4n) is 3.04. The van der Waals surface area contributed by atoms with Crippen LogP contribution in [0.15, 0.2) is 79.5 Å². The zero-order chi connectivity index (χ0) is 19.9. The summed E-state index contributed by atoms with van der Waals surface area (Å²) in [6, 6.07) is 17.5. The van der Waals surface area contributed by atoms with Crippen molar-refractivity contribution in [3.05, 3.63) is 102 Å². The molecule has 1 amide bonds. The van der Waals surface area contributed by atoms with Crippen molar-refractivity contribution in [1.29, 1.82) is 0 Å². The second-order valence-corrected chi connectivity index (χ2v) is 6.46. The molecule has 3 aromatic rings. The average molecular weight is 378 g/mol. The van der Waals surface area contributed by atoms with Crippen molar-refractivity contribution in [2.24, 2.45) is 0 Å². The SMILES string of the molecule is C=CCN(Cc1cccn1Cc1ccc(F)cc1)C(=O)c1cccc(OC)c1. The molecule has 0 aliphatic rings. The molecule has 0 fully saturated rings. The molecule has 144 valence electrons. The van der Waals surface area contributed by atoms with E-state index in [-0.39, 0.29) is 11.7 Å². The van der Waals surface area contributed by atoms with E-state index in [0.29, 0.717) is 30.9 Å². The molecule has 1 aromatic heterocycles. The lowest BCUT2D eigenvalue weighted by Gasteiger charge is -2.22. The van der Waals surface area contributed by atoms with E-state index in [1.54, 1.807) is 48.4 Å². The fraction of sp³-hybridized carbons (Fsp3) is 0.174. The highest BCUT2D eigenvalue weighted by Crippen LogP contribution is 2.17. The molecule has 4 nitrogen and oxygen atoms in total. The van der Waals surface area contributed by atoms with E-state index in [2.05, 4.69) is 11.1 Å². The van der Waals surface area contributed by atoms with E-state index in [4.69, 9.17) is 4.74 Å². The lowest BCUT2D eigenvalue weighted by atomic mass is 10.1. The Hall–Kier alpha value is -3.34. The number of amides is 1. The summed E-state index contributed by atoms with van der Waals surface area (Å²) in [6.45, 7) is 5.26. The predicted octanol–water partition coefficient (Wildman–Crippen LogP) is 4.51. The van der Waals surface area contributed by atoms with Crippen LogP contribution in [-0.4, -0.2) is 29.0 Å². The third-order valence-corrected chi connectivity index (χ3v) is 4.50. The zero-order valence-electron chi connectivity index (χ0n) is 15.8. The molecule has 2 aromatic carbocycles. The van der Waals surface area contributed by atoms with Gasteiger partial charge in [-0.2, -0.15) is 0 Å². The second kappa shape index (κ2) is 9.04. The Balaban J connectivity index is 1.79. The van der Waals surface area contributed by atoms with Gasteiger partial charge in [-0.05, 0) is 48.0 Å². The molecular weight excluding hydrogens is 355 g/mol. The minimum atomic E-state index is -0.252. The molecule has 0 aliphatic heterocycles. The molecule has 0 aliphatic carbocycles. The van der Waals surface area contributed by atoms with Crippen molar-refractivity contribution in [2.45, 2.75) is 13.1 Å². The molecule has 0 radical (unpaired) electrons. The second-order valence-electron chi connectivity index (χ2n) is 6.46. The molecule has 28 heavy (non-hydrogen) atoms. The lowest BCUT2D eigenvalue weighted by Crippen LogP contribution is -2.31. The van der Waals surface area contributed by atoms with E-state index in [1.807, 2.05) is 24.4 Å². The minimum Gasteiger partial charge on any atom is -0.497 e. The van der Waals surface area contributed by atoms with Crippen molar-refractivity contribution >= 4 is 5.91 Å². The van der Waals surface area contributed by atoms with Gasteiger partial charge in [0.1, 0.15) is 11.6 Å². The third-order valence-electron chi connectivity index (χ3n) is 4.50. The third kappa shape index (κ3) is 4.68. The van der Waals surface area contributed by atoms with Crippen LogP contribution in [0, 0.1) is 5.82 Å². The van der Waals surface area contributed by atoms with Crippen molar-refractivity contribution in [2.75, 3.05) is 13.7 Å². The van der Waals surface area contributed by atoms with Gasteiger partial charge in [0.15, 0.2) is 0 Å². The molecule has 0 saturated heterocycles. The molecule has 0 atom stereocenters. The van der Waals surface area contributed by atoms with E-state index >= 15 is 0 Å². The maximum Gasteiger partial charge on any atom is 0.254 e. The molecule has 0 bridgehead atoms. The Morgan fingerprint density at radius 2 is 1.96 bits per heavy atom. The van der Waals surface area contributed by atoms with Gasteiger partial charge in [0.05, 0.1) is 13.7 Å². The highest BCUT2D eigenvalue weighted by Gasteiger charge is 2.17. The van der Waals surface area contributed by atoms with E-state index in [0.717, 1.165) is 11.3 Å². The van der Waals surface area contributed by atoms with Crippen LogP contribution in [-0.2, 0) is 13.1 Å². The Morgan fingerprint density at radius 1 is 1.18 bits per heavy atom. The van der Waals surface area contributed by atoms with Crippen molar-refractivity contribution < 1.29 is 13.9 Å². The van der Waals surface area contributed by atoms with Gasteiger partial charge in [0.2, 0.25) is 0 Å². The smallest absolute Gasteiger partial charge is 0.254 e. The van der Waals surface area contributed by atoms with Crippen LogP contribution in [0.2, 0.25) is 0 Å². The van der Waals surface area contributed by atoms with Crippen LogP contribution in [0.25, 0.3) is 0 Å². The largest absolute Gasteiger partial charge is 0.497 e. The van der Waals surface area contributed by atoms with Gasteiger partial charge in [-0.3, -0.25) is 4.79 Å². The van der Waals surface area contributed by atoms with Gasteiger partial charge < -0.3 is 14.2 Å². The molecule has 0 N–H and O–H groups in total. The number of rotatable bonds is 8. The van der Waals surface area contributed by atoms with Gasteiger partial charge >= 0.3 is 0 Å². The highest BCUT2D eigenvalue weighted by molar-refractivity contribution is 5.94. The van der Waals surface area contributed by atoms with Crippen molar-refractivity contribution in [3.63, 3.8) is 0 Å². The summed E-state index contributed by atoms with van der Waals surface area (Å²) >= 11 is 0. The number of methoxy groups -OCH3 is 1. The van der Waals surface area contributed by atoms with Crippen molar-refractivity contribution in [3.8, 4) is 5.75 Å². The fourth-order valence-corrected chi connectivity index (χ4v) is 3.04. The zero-order valence-corrected chi connectivity index (χ0v) is 15.8. The van der Waals surface area contributed by atoms with Gasteiger partial charge in [-0.1, -0.05) is 24.3 Å². The van der Waals surface area contributed by atoms with Crippen molar-refractivity contribution in [1.82, 2.24) is 9.47 Å². The Morgan fingerprint density at radius 3 is 2.68 bits per heavy atom. The molecule has 0 spiro atoms. The molecule has 3 rings (SSSR count). The molecule has 5 heteroatoms. The summed E-state index contributed by atoms with van der Waals surface area (Å²) in [7, 11) is 1.58. The number of halogens is 1. The van der Waals surface area contributed by atoms with Crippen LogP contribution in [0.5, 0.6) is 5.75 Å². The monoisotopic (exact) mass is 378 g/mol. The number of benzene rings is 2. The number of aromatic nitrogens is 1. The number of hydrogen-bond donors (Lipinski definition) is 0. The number of carbonyl (C=O) groups is 1. The minimum absolute atomic E-state index is 0.0895. The number of nitrogens with zero attached hydrogens (tertiary/aromatic N) is 2. The summed E-state index contributed by atoms with van der Waals surface area (Å²) in [5.41, 5.74) is 2.55. The standard InChI is InChI=1S/C23H23FN2O2/c1-3-13-26(23(27)19-6-4-8-22(15-19)28-2)17-21-7-5-14-25(21)16-18-9-11-20(24)12-10-18/h3-12,14-15H,1,13,16-17H2,2H3. The topological polar surface area (TPSA) is 34.5 Å². The quantitative estimate of drug-likeness (QED) is 0.541. The van der Waals surface area contributed by atoms with E-state index in [9.17, 15) is 9.18 Å². The maximum atomic E-state index is 13.1. The summed E-state index contributed by atoms with van der Waals surface area (Å²) in [5, 5.41) is 0. The Labute approximate surface area is 164 Å². The number of carbonyl (C=O) groups excluding carboxylic acids is 1. The Bertz CT molecular complexity index is 947.